The molecule has 1 aliphatic heterocycles. The van der Waals surface area contributed by atoms with Gasteiger partial charge in [0.2, 0.25) is 5.09 Å². The summed E-state index contributed by atoms with van der Waals surface area (Å²) >= 11 is 0. The number of rotatable bonds is 3. The zero-order chi connectivity index (χ0) is 16.5. The van der Waals surface area contributed by atoms with Crippen LogP contribution < -0.4 is 10.0 Å². The van der Waals surface area contributed by atoms with Crippen LogP contribution in [0.25, 0.3) is 0 Å². The lowest BCUT2D eigenvalue weighted by molar-refractivity contribution is 0.0617. The van der Waals surface area contributed by atoms with Crippen molar-refractivity contribution in [3.05, 3.63) is 17.9 Å². The molecule has 124 valence electrons. The molecule has 22 heavy (non-hydrogen) atoms. The number of nitrogens with one attached hydrogen (secondary N) is 2. The van der Waals surface area contributed by atoms with Crippen molar-refractivity contribution in [2.24, 2.45) is 0 Å². The van der Waals surface area contributed by atoms with Crippen molar-refractivity contribution in [3.8, 4) is 0 Å². The molecule has 0 aromatic carbocycles. The van der Waals surface area contributed by atoms with Gasteiger partial charge >= 0.3 is 0 Å². The Morgan fingerprint density at radius 2 is 2.09 bits per heavy atom. The summed E-state index contributed by atoms with van der Waals surface area (Å²) in [5.74, 6) is -0.241. The molecule has 2 rings (SSSR count). The van der Waals surface area contributed by atoms with E-state index < -0.39 is 15.6 Å². The molecule has 0 saturated carbocycles. The van der Waals surface area contributed by atoms with E-state index in [1.165, 1.54) is 12.1 Å². The summed E-state index contributed by atoms with van der Waals surface area (Å²) in [5.41, 5.74) is -0.622. The Morgan fingerprint density at radius 3 is 2.68 bits per heavy atom. The number of piperazine rings is 1. The van der Waals surface area contributed by atoms with Crippen molar-refractivity contribution in [3.63, 3.8) is 0 Å². The number of nitrogens with zero attached hydrogens (tertiary/aromatic N) is 1. The summed E-state index contributed by atoms with van der Waals surface area (Å²) in [6, 6.07) is 2.77. The maximum atomic E-state index is 12.4. The average molecular weight is 329 g/mol. The minimum atomic E-state index is -3.77. The predicted molar refractivity (Wildman–Crippen MR) is 82.2 cm³/mol. The van der Waals surface area contributed by atoms with E-state index in [9.17, 15) is 13.2 Å². The monoisotopic (exact) mass is 329 g/mol. The molecule has 1 atom stereocenters. The first-order chi connectivity index (χ1) is 10.1. The first-order valence-corrected chi connectivity index (χ1v) is 8.74. The van der Waals surface area contributed by atoms with Crippen molar-refractivity contribution >= 4 is 15.9 Å². The SMILES string of the molecule is C[C@H]1CNCCN1C(=O)c1ccc(S(=O)(=O)NC(C)(C)C)o1. The maximum Gasteiger partial charge on any atom is 0.289 e. The Hall–Kier alpha value is -1.38. The van der Waals surface area contributed by atoms with Gasteiger partial charge in [0.1, 0.15) is 0 Å². The van der Waals surface area contributed by atoms with Crippen LogP contribution in [0.4, 0.5) is 0 Å². The topological polar surface area (TPSA) is 91.7 Å². The van der Waals surface area contributed by atoms with Crippen LogP contribution in [-0.2, 0) is 10.0 Å². The van der Waals surface area contributed by atoms with Gasteiger partial charge in [-0.1, -0.05) is 0 Å². The second-order valence-corrected chi connectivity index (χ2v) is 8.14. The molecular formula is C14H23N3O4S. The zero-order valence-electron chi connectivity index (χ0n) is 13.3. The molecule has 1 aromatic rings. The maximum absolute atomic E-state index is 12.4. The summed E-state index contributed by atoms with van der Waals surface area (Å²) in [7, 11) is -3.77. The molecule has 2 heterocycles. The third-order valence-corrected chi connectivity index (χ3v) is 4.89. The summed E-state index contributed by atoms with van der Waals surface area (Å²) in [5, 5.41) is 2.95. The van der Waals surface area contributed by atoms with Crippen LogP contribution in [0, 0.1) is 0 Å². The lowest BCUT2D eigenvalue weighted by Crippen LogP contribution is -2.52. The van der Waals surface area contributed by atoms with Gasteiger partial charge in [-0.2, -0.15) is 0 Å². The molecule has 1 aromatic heterocycles. The van der Waals surface area contributed by atoms with Gasteiger partial charge in [-0.05, 0) is 39.8 Å². The quantitative estimate of drug-likeness (QED) is 0.855. The standard InChI is InChI=1S/C14H23N3O4S/c1-10-9-15-7-8-17(10)13(18)11-5-6-12(21-11)22(19,20)16-14(2,3)4/h5-6,10,15-16H,7-9H2,1-4H3/t10-/m0/s1. The molecule has 1 amide bonds. The summed E-state index contributed by atoms with van der Waals surface area (Å²) < 4.78 is 32.2. The lowest BCUT2D eigenvalue weighted by atomic mass is 10.1. The fraction of sp³-hybridized carbons (Fsp3) is 0.643. The van der Waals surface area contributed by atoms with Crippen LogP contribution in [0.1, 0.15) is 38.2 Å². The van der Waals surface area contributed by atoms with Gasteiger partial charge in [0.15, 0.2) is 5.76 Å². The van der Waals surface area contributed by atoms with Gasteiger partial charge in [0.25, 0.3) is 15.9 Å². The van der Waals surface area contributed by atoms with Crippen molar-refractivity contribution < 1.29 is 17.6 Å². The number of furan rings is 1. The summed E-state index contributed by atoms with van der Waals surface area (Å²) in [6.07, 6.45) is 0. The molecule has 0 aliphatic carbocycles. The van der Waals surface area contributed by atoms with Crippen molar-refractivity contribution in [2.45, 2.75) is 44.4 Å². The fourth-order valence-corrected chi connectivity index (χ4v) is 3.67. The molecule has 0 bridgehead atoms. The normalized spacial score (nSPS) is 20.2. The molecular weight excluding hydrogens is 306 g/mol. The Kier molecular flexibility index (Phi) is 4.65. The van der Waals surface area contributed by atoms with Gasteiger partial charge in [-0.25, -0.2) is 13.1 Å². The van der Waals surface area contributed by atoms with E-state index in [-0.39, 0.29) is 22.8 Å². The molecule has 1 fully saturated rings. The second-order valence-electron chi connectivity index (χ2n) is 6.53. The second kappa shape index (κ2) is 6.02. The van der Waals surface area contributed by atoms with Crippen molar-refractivity contribution in [2.75, 3.05) is 19.6 Å². The van der Waals surface area contributed by atoms with Crippen LogP contribution in [0.5, 0.6) is 0 Å². The first kappa shape index (κ1) is 17.0. The number of hydrogen-bond acceptors (Lipinski definition) is 5. The predicted octanol–water partition coefficient (Wildman–Crippen LogP) is 0.790. The van der Waals surface area contributed by atoms with Crippen molar-refractivity contribution in [1.82, 2.24) is 14.9 Å². The number of amides is 1. The Balaban J connectivity index is 2.19. The Bertz CT molecular complexity index is 645. The summed E-state index contributed by atoms with van der Waals surface area (Å²) in [4.78, 5) is 14.1. The van der Waals surface area contributed by atoms with Gasteiger partial charge < -0.3 is 14.6 Å². The average Bonchev–Trinajstić information content (AvgIpc) is 2.86. The molecule has 1 aliphatic rings. The largest absolute Gasteiger partial charge is 0.438 e. The smallest absolute Gasteiger partial charge is 0.289 e. The first-order valence-electron chi connectivity index (χ1n) is 7.26. The zero-order valence-corrected chi connectivity index (χ0v) is 14.2. The highest BCUT2D eigenvalue weighted by Crippen LogP contribution is 2.19. The minimum absolute atomic E-state index is 0.0408. The van der Waals surface area contributed by atoms with Crippen molar-refractivity contribution in [1.29, 1.82) is 0 Å². The molecule has 8 heteroatoms. The highest BCUT2D eigenvalue weighted by molar-refractivity contribution is 7.89. The van der Waals surface area contributed by atoms with E-state index in [4.69, 9.17) is 4.42 Å². The number of sulfonamides is 1. The van der Waals surface area contributed by atoms with E-state index in [0.717, 1.165) is 0 Å². The summed E-state index contributed by atoms with van der Waals surface area (Å²) in [6.45, 7) is 9.15. The van der Waals surface area contributed by atoms with E-state index in [1.807, 2.05) is 6.92 Å². The molecule has 0 spiro atoms. The van der Waals surface area contributed by atoms with Crippen LogP contribution in [0.3, 0.4) is 0 Å². The molecule has 2 N–H and O–H groups in total. The highest BCUT2D eigenvalue weighted by atomic mass is 32.2. The van der Waals surface area contributed by atoms with E-state index in [0.29, 0.717) is 19.6 Å². The number of carbonyl (C=O) groups is 1. The van der Waals surface area contributed by atoms with E-state index in [2.05, 4.69) is 10.0 Å². The molecule has 1 saturated heterocycles. The Labute approximate surface area is 131 Å². The molecule has 0 radical (unpaired) electrons. The van der Waals surface area contributed by atoms with Gasteiger partial charge in [0.05, 0.1) is 0 Å². The third-order valence-electron chi connectivity index (χ3n) is 3.26. The van der Waals surface area contributed by atoms with E-state index in [1.54, 1.807) is 25.7 Å². The van der Waals surface area contributed by atoms with E-state index >= 15 is 0 Å². The number of carbonyl (C=O) groups excluding carboxylic acids is 1. The Morgan fingerprint density at radius 1 is 1.41 bits per heavy atom. The van der Waals surface area contributed by atoms with Gasteiger partial charge in [0, 0.05) is 31.2 Å². The molecule has 0 unspecified atom stereocenters. The van der Waals surface area contributed by atoms with Crippen LogP contribution in [-0.4, -0.2) is 50.4 Å². The molecule has 7 nitrogen and oxygen atoms in total. The highest BCUT2D eigenvalue weighted by Gasteiger charge is 2.29. The fourth-order valence-electron chi connectivity index (χ4n) is 2.32. The van der Waals surface area contributed by atoms with Crippen LogP contribution in [0.15, 0.2) is 21.6 Å². The van der Waals surface area contributed by atoms with Crippen LogP contribution in [0.2, 0.25) is 0 Å². The number of hydrogen-bond donors (Lipinski definition) is 2. The van der Waals surface area contributed by atoms with Gasteiger partial charge in [-0.15, -0.1) is 0 Å². The van der Waals surface area contributed by atoms with Gasteiger partial charge in [-0.3, -0.25) is 4.79 Å². The minimum Gasteiger partial charge on any atom is -0.438 e. The van der Waals surface area contributed by atoms with Crippen LogP contribution >= 0.6 is 0 Å². The lowest BCUT2D eigenvalue weighted by Gasteiger charge is -2.33. The third kappa shape index (κ3) is 3.88.